The maximum Gasteiger partial charge on any atom is 0.185 e. The van der Waals surface area contributed by atoms with Crippen LogP contribution in [0, 0.1) is 0 Å². The molecule has 0 aromatic carbocycles. The first kappa shape index (κ1) is 7.94. The first-order chi connectivity index (χ1) is 6.40. The molecule has 0 amide bonds. The van der Waals surface area contributed by atoms with Crippen molar-refractivity contribution < 1.29 is 4.52 Å². The summed E-state index contributed by atoms with van der Waals surface area (Å²) in [5.74, 6) is 0.670. The van der Waals surface area contributed by atoms with Gasteiger partial charge >= 0.3 is 0 Å². The summed E-state index contributed by atoms with van der Waals surface area (Å²) in [6.07, 6.45) is 3.33. The number of aromatic nitrogens is 2. The first-order valence-electron chi connectivity index (χ1n) is 3.96. The molecule has 4 nitrogen and oxygen atoms in total. The molecule has 0 saturated carbocycles. The number of pyridine rings is 1. The summed E-state index contributed by atoms with van der Waals surface area (Å²) in [6, 6.07) is 5.55. The van der Waals surface area contributed by atoms with Gasteiger partial charge in [0.1, 0.15) is 5.69 Å². The van der Waals surface area contributed by atoms with Gasteiger partial charge in [0.05, 0.1) is 6.20 Å². The molecule has 0 aliphatic heterocycles. The van der Waals surface area contributed by atoms with Crippen molar-refractivity contribution in [2.45, 2.75) is 6.54 Å². The Morgan fingerprint density at radius 2 is 2.23 bits per heavy atom. The monoisotopic (exact) mass is 175 g/mol. The number of nitrogens with zero attached hydrogens (tertiary/aromatic N) is 2. The maximum atomic E-state index is 5.44. The predicted octanol–water partition coefficient (Wildman–Crippen LogP) is 1.20. The minimum atomic E-state index is 0.504. The highest BCUT2D eigenvalue weighted by Gasteiger charge is 2.01. The Kier molecular flexibility index (Phi) is 2.06. The molecule has 0 aliphatic rings. The lowest BCUT2D eigenvalue weighted by molar-refractivity contribution is 0.431. The molecule has 13 heavy (non-hydrogen) atoms. The summed E-state index contributed by atoms with van der Waals surface area (Å²) in [6.45, 7) is 0.504. The van der Waals surface area contributed by atoms with Crippen LogP contribution >= 0.6 is 0 Å². The van der Waals surface area contributed by atoms with Crippen molar-refractivity contribution in [3.05, 3.63) is 36.2 Å². The Hall–Kier alpha value is -1.68. The zero-order valence-corrected chi connectivity index (χ0v) is 6.97. The van der Waals surface area contributed by atoms with Crippen LogP contribution in [-0.2, 0) is 6.54 Å². The molecule has 66 valence electrons. The Bertz CT molecular complexity index is 366. The van der Waals surface area contributed by atoms with E-state index in [0.717, 1.165) is 11.3 Å². The third kappa shape index (κ3) is 1.57. The second-order valence-corrected chi connectivity index (χ2v) is 2.63. The third-order valence-electron chi connectivity index (χ3n) is 1.75. The third-order valence-corrected chi connectivity index (χ3v) is 1.75. The van der Waals surface area contributed by atoms with Gasteiger partial charge in [-0.3, -0.25) is 4.98 Å². The fourth-order valence-electron chi connectivity index (χ4n) is 1.04. The van der Waals surface area contributed by atoms with E-state index in [1.807, 2.05) is 12.1 Å². The molecule has 4 heteroatoms. The van der Waals surface area contributed by atoms with E-state index < -0.39 is 0 Å². The summed E-state index contributed by atoms with van der Waals surface area (Å²) in [5.41, 5.74) is 7.22. The van der Waals surface area contributed by atoms with E-state index >= 15 is 0 Å². The van der Waals surface area contributed by atoms with Crippen molar-refractivity contribution >= 4 is 0 Å². The van der Waals surface area contributed by atoms with Crippen LogP contribution in [0.25, 0.3) is 11.5 Å². The van der Waals surface area contributed by atoms with Gasteiger partial charge in [0, 0.05) is 18.8 Å². The zero-order chi connectivity index (χ0) is 9.10. The molecule has 2 aromatic heterocycles. The van der Waals surface area contributed by atoms with Gasteiger partial charge < -0.3 is 10.3 Å². The van der Waals surface area contributed by atoms with Gasteiger partial charge in [0.15, 0.2) is 5.76 Å². The molecule has 2 N–H and O–H groups in total. The molecule has 0 aliphatic carbocycles. The van der Waals surface area contributed by atoms with Crippen LogP contribution in [0.3, 0.4) is 0 Å². The van der Waals surface area contributed by atoms with Crippen LogP contribution in [-0.4, -0.2) is 10.1 Å². The molecule has 0 spiro atoms. The number of nitrogens with two attached hydrogens (primary N) is 1. The molecule has 0 fully saturated rings. The van der Waals surface area contributed by atoms with Crippen LogP contribution in [0.15, 0.2) is 35.1 Å². The standard InChI is InChI=1S/C9H9N3O/c10-5-7-1-2-8(11-6-7)9-3-4-12-13-9/h1-4,6H,5,10H2. The van der Waals surface area contributed by atoms with E-state index in [1.165, 1.54) is 0 Å². The normalized spacial score (nSPS) is 10.2. The SMILES string of the molecule is NCc1ccc(-c2ccno2)nc1. The van der Waals surface area contributed by atoms with E-state index in [1.54, 1.807) is 18.5 Å². The lowest BCUT2D eigenvalue weighted by atomic mass is 10.2. The minimum Gasteiger partial charge on any atom is -0.355 e. The molecular formula is C9H9N3O. The maximum absolute atomic E-state index is 5.44. The van der Waals surface area contributed by atoms with E-state index in [9.17, 15) is 0 Å². The molecular weight excluding hydrogens is 166 g/mol. The zero-order valence-electron chi connectivity index (χ0n) is 6.97. The van der Waals surface area contributed by atoms with Crippen molar-refractivity contribution in [1.82, 2.24) is 10.1 Å². The van der Waals surface area contributed by atoms with Crippen LogP contribution in [0.5, 0.6) is 0 Å². The van der Waals surface area contributed by atoms with Crippen LogP contribution in [0.2, 0.25) is 0 Å². The van der Waals surface area contributed by atoms with Crippen molar-refractivity contribution in [2.75, 3.05) is 0 Å². The molecule has 0 atom stereocenters. The Balaban J connectivity index is 2.33. The summed E-state index contributed by atoms with van der Waals surface area (Å²) < 4.78 is 4.95. The van der Waals surface area contributed by atoms with Gasteiger partial charge in [0.25, 0.3) is 0 Å². The highest BCUT2D eigenvalue weighted by molar-refractivity contribution is 5.50. The van der Waals surface area contributed by atoms with E-state index in [4.69, 9.17) is 10.3 Å². The molecule has 2 aromatic rings. The molecule has 0 unspecified atom stereocenters. The highest BCUT2D eigenvalue weighted by Crippen LogP contribution is 2.15. The topological polar surface area (TPSA) is 64.9 Å². The Morgan fingerprint density at radius 1 is 1.31 bits per heavy atom. The molecule has 0 bridgehead atoms. The van der Waals surface area contributed by atoms with Crippen LogP contribution in [0.1, 0.15) is 5.56 Å². The average Bonchev–Trinajstić information content (AvgIpc) is 2.71. The van der Waals surface area contributed by atoms with E-state index in [2.05, 4.69) is 10.1 Å². The number of rotatable bonds is 2. The van der Waals surface area contributed by atoms with Crippen molar-refractivity contribution in [2.24, 2.45) is 5.73 Å². The van der Waals surface area contributed by atoms with Gasteiger partial charge in [-0.2, -0.15) is 0 Å². The van der Waals surface area contributed by atoms with Gasteiger partial charge in [0.2, 0.25) is 0 Å². The fraction of sp³-hybridized carbons (Fsp3) is 0.111. The average molecular weight is 175 g/mol. The second kappa shape index (κ2) is 3.37. The number of hydrogen-bond donors (Lipinski definition) is 1. The van der Waals surface area contributed by atoms with Gasteiger partial charge in [-0.1, -0.05) is 11.2 Å². The van der Waals surface area contributed by atoms with Crippen LogP contribution in [0.4, 0.5) is 0 Å². The lowest BCUT2D eigenvalue weighted by Crippen LogP contribution is -1.96. The largest absolute Gasteiger partial charge is 0.355 e. The molecule has 2 heterocycles. The minimum absolute atomic E-state index is 0.504. The van der Waals surface area contributed by atoms with Crippen molar-refractivity contribution in [3.63, 3.8) is 0 Å². The summed E-state index contributed by atoms with van der Waals surface area (Å²) in [4.78, 5) is 4.18. The summed E-state index contributed by atoms with van der Waals surface area (Å²) in [7, 11) is 0. The van der Waals surface area contributed by atoms with Crippen molar-refractivity contribution in [1.29, 1.82) is 0 Å². The lowest BCUT2D eigenvalue weighted by Gasteiger charge is -1.96. The number of hydrogen-bond acceptors (Lipinski definition) is 4. The first-order valence-corrected chi connectivity index (χ1v) is 3.96. The fourth-order valence-corrected chi connectivity index (χ4v) is 1.04. The molecule has 0 radical (unpaired) electrons. The summed E-state index contributed by atoms with van der Waals surface area (Å²) >= 11 is 0. The summed E-state index contributed by atoms with van der Waals surface area (Å²) in [5, 5.41) is 3.60. The molecule has 2 rings (SSSR count). The van der Waals surface area contributed by atoms with Crippen LogP contribution < -0.4 is 5.73 Å². The van der Waals surface area contributed by atoms with E-state index in [-0.39, 0.29) is 0 Å². The predicted molar refractivity (Wildman–Crippen MR) is 47.6 cm³/mol. The van der Waals surface area contributed by atoms with E-state index in [0.29, 0.717) is 12.3 Å². The Morgan fingerprint density at radius 3 is 2.77 bits per heavy atom. The molecule has 0 saturated heterocycles. The highest BCUT2D eigenvalue weighted by atomic mass is 16.5. The second-order valence-electron chi connectivity index (χ2n) is 2.63. The van der Waals surface area contributed by atoms with Gasteiger partial charge in [-0.05, 0) is 11.6 Å². The van der Waals surface area contributed by atoms with Gasteiger partial charge in [-0.25, -0.2) is 0 Å². The Labute approximate surface area is 75.4 Å². The van der Waals surface area contributed by atoms with Gasteiger partial charge in [-0.15, -0.1) is 0 Å². The smallest absolute Gasteiger partial charge is 0.185 e. The quantitative estimate of drug-likeness (QED) is 0.744. The van der Waals surface area contributed by atoms with Crippen molar-refractivity contribution in [3.8, 4) is 11.5 Å².